The van der Waals surface area contributed by atoms with E-state index in [1.54, 1.807) is 10.6 Å². The second kappa shape index (κ2) is 9.46. The highest BCUT2D eigenvalue weighted by molar-refractivity contribution is 5.82. The molecular weight excluding hydrogens is 413 g/mol. The maximum atomic E-state index is 15.1. The quantitative estimate of drug-likeness (QED) is 0.638. The zero-order valence-electron chi connectivity index (χ0n) is 18.9. The molecule has 1 N–H and O–H groups in total. The average Bonchev–Trinajstić information content (AvgIpc) is 3.21. The molecule has 1 aromatic carbocycles. The van der Waals surface area contributed by atoms with Crippen molar-refractivity contribution < 1.29 is 15.3 Å². The van der Waals surface area contributed by atoms with Gasteiger partial charge in [0.05, 0.1) is 23.1 Å². The fraction of sp³-hybridized carbons (Fsp3) is 0.625. The van der Waals surface area contributed by atoms with Gasteiger partial charge in [-0.3, -0.25) is 18.7 Å². The predicted octanol–water partition coefficient (Wildman–Crippen LogP) is 4.36. The van der Waals surface area contributed by atoms with Crippen molar-refractivity contribution in [3.05, 3.63) is 38.8 Å². The molecule has 7 nitrogen and oxygen atoms in total. The van der Waals surface area contributed by atoms with E-state index in [1.807, 2.05) is 13.8 Å². The van der Waals surface area contributed by atoms with Crippen LogP contribution in [0.15, 0.2) is 21.7 Å². The molecule has 176 valence electrons. The molecule has 0 amide bonds. The van der Waals surface area contributed by atoms with Gasteiger partial charge in [-0.05, 0) is 44.2 Å². The number of carbonyl (C=O) groups is 1. The molecule has 1 aliphatic heterocycles. The van der Waals surface area contributed by atoms with E-state index in [9.17, 15) is 14.4 Å². The summed E-state index contributed by atoms with van der Waals surface area (Å²) in [7, 11) is 0. The first-order chi connectivity index (χ1) is 15.4. The number of anilines is 1. The van der Waals surface area contributed by atoms with Crippen LogP contribution < -0.4 is 16.6 Å². The Morgan fingerprint density at radius 3 is 2.47 bits per heavy atom. The third kappa shape index (κ3) is 4.32. The van der Waals surface area contributed by atoms with Crippen LogP contribution in [0.4, 0.5) is 10.1 Å². The number of nitrogens with one attached hydrogen (secondary N) is 1. The van der Waals surface area contributed by atoms with Crippen LogP contribution >= 0.6 is 0 Å². The predicted molar refractivity (Wildman–Crippen MR) is 124 cm³/mol. The van der Waals surface area contributed by atoms with Crippen LogP contribution in [0.2, 0.25) is 0 Å². The van der Waals surface area contributed by atoms with Gasteiger partial charge in [0, 0.05) is 19.9 Å². The lowest BCUT2D eigenvalue weighted by molar-refractivity contribution is -0.141. The van der Waals surface area contributed by atoms with Crippen LogP contribution in [-0.4, -0.2) is 27.2 Å². The Balaban J connectivity index is 0.00000306. The van der Waals surface area contributed by atoms with Crippen LogP contribution in [0.25, 0.3) is 10.9 Å². The number of cyclic esters (lactones) is 1. The maximum Gasteiger partial charge on any atom is 0.331 e. The van der Waals surface area contributed by atoms with E-state index in [2.05, 4.69) is 5.32 Å². The van der Waals surface area contributed by atoms with Crippen LogP contribution in [0, 0.1) is 5.82 Å². The van der Waals surface area contributed by atoms with Crippen molar-refractivity contribution in [2.75, 3.05) is 5.32 Å². The lowest BCUT2D eigenvalue weighted by atomic mass is 9.95. The number of hydrogen-bond donors (Lipinski definition) is 1. The highest BCUT2D eigenvalue weighted by Crippen LogP contribution is 2.28. The molecule has 0 radical (unpaired) electrons. The van der Waals surface area contributed by atoms with Gasteiger partial charge in [-0.1, -0.05) is 33.1 Å². The normalized spacial score (nSPS) is 19.6. The molecule has 32 heavy (non-hydrogen) atoms. The molecule has 1 aliphatic carbocycles. The summed E-state index contributed by atoms with van der Waals surface area (Å²) in [6.45, 7) is 3.97. The van der Waals surface area contributed by atoms with Crippen LogP contribution in [0.1, 0.15) is 79.1 Å². The van der Waals surface area contributed by atoms with Gasteiger partial charge in [0.15, 0.2) is 0 Å². The van der Waals surface area contributed by atoms with E-state index in [-0.39, 0.29) is 37.8 Å². The third-order valence-corrected chi connectivity index (χ3v) is 6.88. The zero-order valence-corrected chi connectivity index (χ0v) is 18.9. The molecule has 2 aromatic rings. The fourth-order valence-corrected chi connectivity index (χ4v) is 5.06. The van der Waals surface area contributed by atoms with Crippen molar-refractivity contribution in [2.24, 2.45) is 0 Å². The first kappa shape index (κ1) is 22.6. The summed E-state index contributed by atoms with van der Waals surface area (Å²) in [5.41, 5.74) is -0.189. The summed E-state index contributed by atoms with van der Waals surface area (Å²) in [6.07, 6.45) is 7.02. The highest BCUT2D eigenvalue weighted by atomic mass is 19.1. The number of rotatable bonds is 7. The number of hydrogen-bond acceptors (Lipinski definition) is 5. The zero-order chi connectivity index (χ0) is 22.8. The Bertz CT molecular complexity index is 1120. The van der Waals surface area contributed by atoms with Gasteiger partial charge in [0.2, 0.25) is 0 Å². The molecule has 0 unspecified atom stereocenters. The van der Waals surface area contributed by atoms with Gasteiger partial charge in [0.1, 0.15) is 11.9 Å². The van der Waals surface area contributed by atoms with E-state index in [0.29, 0.717) is 30.5 Å². The Labute approximate surface area is 188 Å². The topological polar surface area (TPSA) is 82.3 Å². The van der Waals surface area contributed by atoms with E-state index >= 15 is 4.39 Å². The minimum absolute atomic E-state index is 0. The Morgan fingerprint density at radius 1 is 1.12 bits per heavy atom. The van der Waals surface area contributed by atoms with Crippen molar-refractivity contribution >= 4 is 22.6 Å². The molecule has 2 aliphatic rings. The monoisotopic (exact) mass is 447 g/mol. The maximum absolute atomic E-state index is 15.1. The number of ether oxygens (including phenoxy) is 1. The molecule has 1 atom stereocenters. The molecular formula is C24H34FN3O4. The average molecular weight is 448 g/mol. The van der Waals surface area contributed by atoms with Crippen molar-refractivity contribution in [1.29, 1.82) is 0 Å². The molecule has 1 saturated heterocycles. The number of nitrogens with zero attached hydrogens (tertiary/aromatic N) is 2. The molecule has 0 spiro atoms. The molecule has 1 saturated carbocycles. The number of halogens is 1. The lowest BCUT2D eigenvalue weighted by Gasteiger charge is -2.25. The van der Waals surface area contributed by atoms with Gasteiger partial charge in [0.25, 0.3) is 5.56 Å². The second-order valence-corrected chi connectivity index (χ2v) is 9.02. The van der Waals surface area contributed by atoms with Crippen LogP contribution in [0.5, 0.6) is 0 Å². The van der Waals surface area contributed by atoms with E-state index in [1.165, 1.54) is 12.5 Å². The Kier molecular flexibility index (Phi) is 6.67. The van der Waals surface area contributed by atoms with E-state index in [0.717, 1.165) is 30.3 Å². The number of aromatic nitrogens is 2. The molecule has 8 heteroatoms. The van der Waals surface area contributed by atoms with Gasteiger partial charge >= 0.3 is 11.7 Å². The summed E-state index contributed by atoms with van der Waals surface area (Å²) in [6, 6.07) is 2.94. The molecule has 2 fully saturated rings. The lowest BCUT2D eigenvalue weighted by Crippen LogP contribution is -2.43. The van der Waals surface area contributed by atoms with E-state index in [4.69, 9.17) is 4.74 Å². The molecule has 0 bridgehead atoms. The third-order valence-electron chi connectivity index (χ3n) is 6.88. The van der Waals surface area contributed by atoms with Crippen LogP contribution in [0.3, 0.4) is 0 Å². The standard InChI is InChI=1S/C24H32FN3O4.H2/c1-3-16(4-2)28-21-13-20(26-15-8-6-5-7-9-15)19(25)12-18(21)23(30)27(24(28)31)14-17-10-11-22(29)32-17;/h12-13,15-17,26H,3-11,14H2,1-2H3;1H/t17-;/m0./s1. The number of benzene rings is 1. The fourth-order valence-electron chi connectivity index (χ4n) is 5.06. The van der Waals surface area contributed by atoms with E-state index < -0.39 is 23.2 Å². The summed E-state index contributed by atoms with van der Waals surface area (Å²) < 4.78 is 23.0. The number of carbonyl (C=O) groups excluding carboxylic acids is 1. The summed E-state index contributed by atoms with van der Waals surface area (Å²) in [4.78, 5) is 38.2. The summed E-state index contributed by atoms with van der Waals surface area (Å²) in [5.74, 6) is -0.817. The molecule has 2 heterocycles. The number of fused-ring (bicyclic) bond motifs is 1. The second-order valence-electron chi connectivity index (χ2n) is 9.02. The smallest absolute Gasteiger partial charge is 0.331 e. The first-order valence-corrected chi connectivity index (χ1v) is 11.9. The van der Waals surface area contributed by atoms with Gasteiger partial charge in [-0.2, -0.15) is 0 Å². The van der Waals surface area contributed by atoms with Crippen molar-refractivity contribution in [3.63, 3.8) is 0 Å². The SMILES string of the molecule is CCC(CC)n1c(=O)n(C[C@@H]2CCC(=O)O2)c(=O)c2cc(F)c(NC3CCCCC3)cc21.[HH]. The first-order valence-electron chi connectivity index (χ1n) is 11.9. The highest BCUT2D eigenvalue weighted by Gasteiger charge is 2.27. The van der Waals surface area contributed by atoms with Crippen molar-refractivity contribution in [1.82, 2.24) is 9.13 Å². The minimum Gasteiger partial charge on any atom is -0.460 e. The number of esters is 1. The molecule has 4 rings (SSSR count). The Hall–Kier alpha value is -2.64. The molecule has 1 aromatic heterocycles. The summed E-state index contributed by atoms with van der Waals surface area (Å²) in [5, 5.41) is 3.48. The van der Waals surface area contributed by atoms with Crippen molar-refractivity contribution in [3.8, 4) is 0 Å². The summed E-state index contributed by atoms with van der Waals surface area (Å²) >= 11 is 0. The van der Waals surface area contributed by atoms with Crippen molar-refractivity contribution in [2.45, 2.75) is 96.4 Å². The Morgan fingerprint density at radius 2 is 1.84 bits per heavy atom. The minimum atomic E-state index is -0.543. The van der Waals surface area contributed by atoms with Gasteiger partial charge in [-0.15, -0.1) is 0 Å². The van der Waals surface area contributed by atoms with Gasteiger partial charge < -0.3 is 10.1 Å². The van der Waals surface area contributed by atoms with Crippen LogP contribution in [-0.2, 0) is 16.1 Å². The largest absolute Gasteiger partial charge is 0.460 e. The van der Waals surface area contributed by atoms with Gasteiger partial charge in [-0.25, -0.2) is 9.18 Å².